The van der Waals surface area contributed by atoms with Gasteiger partial charge in [0.05, 0.1) is 0 Å². The third kappa shape index (κ3) is 4.08. The van der Waals surface area contributed by atoms with Crippen molar-refractivity contribution in [2.75, 3.05) is 13.1 Å². The Morgan fingerprint density at radius 2 is 2.06 bits per heavy atom. The number of piperidine rings is 1. The summed E-state index contributed by atoms with van der Waals surface area (Å²) in [4.78, 5) is 0. The van der Waals surface area contributed by atoms with Crippen molar-refractivity contribution in [1.29, 1.82) is 0 Å². The zero-order valence-corrected chi connectivity index (χ0v) is 11.8. The van der Waals surface area contributed by atoms with Gasteiger partial charge in [0, 0.05) is 0 Å². The maximum atomic E-state index is 3.59. The first kappa shape index (κ1) is 14.0. The van der Waals surface area contributed by atoms with Crippen molar-refractivity contribution in [3.05, 3.63) is 0 Å². The second-order valence-electron chi connectivity index (χ2n) is 6.39. The summed E-state index contributed by atoms with van der Waals surface area (Å²) in [6.07, 6.45) is 8.42. The summed E-state index contributed by atoms with van der Waals surface area (Å²) < 4.78 is 0. The normalized spacial score (nSPS) is 30.9. The summed E-state index contributed by atoms with van der Waals surface area (Å²) in [7, 11) is 0. The summed E-state index contributed by atoms with van der Waals surface area (Å²) in [6, 6.07) is 0. The van der Waals surface area contributed by atoms with Gasteiger partial charge in [-0.1, -0.05) is 47.0 Å². The lowest BCUT2D eigenvalue weighted by molar-refractivity contribution is 0.0956. The van der Waals surface area contributed by atoms with E-state index in [1.165, 1.54) is 51.6 Å². The van der Waals surface area contributed by atoms with E-state index in [0.717, 1.165) is 11.8 Å². The quantitative estimate of drug-likeness (QED) is 0.667. The van der Waals surface area contributed by atoms with E-state index in [9.17, 15) is 0 Å². The van der Waals surface area contributed by atoms with Gasteiger partial charge in [-0.3, -0.25) is 0 Å². The fourth-order valence-corrected chi connectivity index (χ4v) is 3.15. The molecule has 0 amide bonds. The lowest BCUT2D eigenvalue weighted by Crippen LogP contribution is -2.44. The van der Waals surface area contributed by atoms with Gasteiger partial charge in [0.1, 0.15) is 0 Å². The molecule has 1 heteroatoms. The highest BCUT2D eigenvalue weighted by molar-refractivity contribution is 4.88. The molecule has 96 valence electrons. The summed E-state index contributed by atoms with van der Waals surface area (Å²) >= 11 is 0. The molecule has 1 N–H and O–H groups in total. The van der Waals surface area contributed by atoms with Crippen LogP contribution in [-0.4, -0.2) is 13.1 Å². The first-order valence-electron chi connectivity index (χ1n) is 7.29. The maximum absolute atomic E-state index is 3.59. The van der Waals surface area contributed by atoms with E-state index >= 15 is 0 Å². The van der Waals surface area contributed by atoms with E-state index in [4.69, 9.17) is 0 Å². The SMILES string of the molecule is CCCCCC1(C)CCNCC1CC(C)C. The molecule has 1 rings (SSSR count). The summed E-state index contributed by atoms with van der Waals surface area (Å²) in [5.41, 5.74) is 0.616. The van der Waals surface area contributed by atoms with Gasteiger partial charge in [0.25, 0.3) is 0 Å². The van der Waals surface area contributed by atoms with Gasteiger partial charge in [-0.25, -0.2) is 0 Å². The zero-order valence-electron chi connectivity index (χ0n) is 11.8. The summed E-state index contributed by atoms with van der Waals surface area (Å²) in [5.74, 6) is 1.74. The van der Waals surface area contributed by atoms with Crippen LogP contribution in [0.1, 0.15) is 66.2 Å². The second kappa shape index (κ2) is 6.64. The topological polar surface area (TPSA) is 12.0 Å². The fraction of sp³-hybridized carbons (Fsp3) is 1.00. The molecule has 0 spiro atoms. The lowest BCUT2D eigenvalue weighted by atomic mass is 9.66. The van der Waals surface area contributed by atoms with Crippen LogP contribution in [0.5, 0.6) is 0 Å². The minimum atomic E-state index is 0.616. The molecule has 0 aliphatic carbocycles. The molecule has 0 saturated carbocycles. The average molecular weight is 225 g/mol. The van der Waals surface area contributed by atoms with Gasteiger partial charge in [-0.2, -0.15) is 0 Å². The molecule has 1 aliphatic heterocycles. The van der Waals surface area contributed by atoms with Gasteiger partial charge in [-0.15, -0.1) is 0 Å². The summed E-state index contributed by atoms with van der Waals surface area (Å²) in [5, 5.41) is 3.59. The molecular weight excluding hydrogens is 194 g/mol. The molecule has 1 fully saturated rings. The van der Waals surface area contributed by atoms with E-state index in [2.05, 4.69) is 33.0 Å². The maximum Gasteiger partial charge on any atom is -0.00152 e. The molecule has 1 saturated heterocycles. The number of nitrogens with one attached hydrogen (secondary N) is 1. The van der Waals surface area contributed by atoms with Crippen LogP contribution in [-0.2, 0) is 0 Å². The van der Waals surface area contributed by atoms with Crippen molar-refractivity contribution >= 4 is 0 Å². The molecule has 0 aromatic rings. The summed E-state index contributed by atoms with van der Waals surface area (Å²) in [6.45, 7) is 12.0. The van der Waals surface area contributed by atoms with Crippen LogP contribution in [0.3, 0.4) is 0 Å². The minimum absolute atomic E-state index is 0.616. The molecule has 0 aromatic heterocycles. The van der Waals surface area contributed by atoms with E-state index in [1.807, 2.05) is 0 Å². The molecule has 1 nitrogen and oxygen atoms in total. The third-order valence-electron chi connectivity index (χ3n) is 4.36. The molecular formula is C15H31N. The predicted octanol–water partition coefficient (Wildman–Crippen LogP) is 4.23. The van der Waals surface area contributed by atoms with Crippen LogP contribution in [0.4, 0.5) is 0 Å². The highest BCUT2D eigenvalue weighted by Gasteiger charge is 2.35. The van der Waals surface area contributed by atoms with Gasteiger partial charge < -0.3 is 5.32 Å². The molecule has 1 aliphatic rings. The van der Waals surface area contributed by atoms with Crippen molar-refractivity contribution in [3.8, 4) is 0 Å². The van der Waals surface area contributed by atoms with Gasteiger partial charge in [0.15, 0.2) is 0 Å². The van der Waals surface area contributed by atoms with Crippen molar-refractivity contribution in [1.82, 2.24) is 5.32 Å². The molecule has 2 unspecified atom stereocenters. The average Bonchev–Trinajstić information content (AvgIpc) is 2.22. The Morgan fingerprint density at radius 3 is 2.69 bits per heavy atom. The first-order valence-corrected chi connectivity index (χ1v) is 7.29. The molecule has 2 atom stereocenters. The Kier molecular flexibility index (Phi) is 5.82. The van der Waals surface area contributed by atoms with Crippen molar-refractivity contribution in [2.45, 2.75) is 66.2 Å². The Hall–Kier alpha value is -0.0400. The number of rotatable bonds is 6. The number of hydrogen-bond donors (Lipinski definition) is 1. The lowest BCUT2D eigenvalue weighted by Gasteiger charge is -2.43. The van der Waals surface area contributed by atoms with Gasteiger partial charge in [0.2, 0.25) is 0 Å². The van der Waals surface area contributed by atoms with E-state index in [0.29, 0.717) is 5.41 Å². The minimum Gasteiger partial charge on any atom is -0.316 e. The first-order chi connectivity index (χ1) is 7.58. The number of unbranched alkanes of at least 4 members (excludes halogenated alkanes) is 2. The van der Waals surface area contributed by atoms with Crippen molar-refractivity contribution in [3.63, 3.8) is 0 Å². The standard InChI is InChI=1S/C15H31N/c1-5-6-7-8-15(4)9-10-16-12-14(15)11-13(2)3/h13-14,16H,5-12H2,1-4H3. The molecule has 1 heterocycles. The van der Waals surface area contributed by atoms with Crippen LogP contribution in [0.15, 0.2) is 0 Å². The Bertz CT molecular complexity index is 188. The van der Waals surface area contributed by atoms with Crippen LogP contribution < -0.4 is 5.32 Å². The largest absolute Gasteiger partial charge is 0.316 e. The van der Waals surface area contributed by atoms with Crippen molar-refractivity contribution in [2.24, 2.45) is 17.3 Å². The second-order valence-corrected chi connectivity index (χ2v) is 6.39. The molecule has 0 radical (unpaired) electrons. The number of hydrogen-bond acceptors (Lipinski definition) is 1. The van der Waals surface area contributed by atoms with Crippen LogP contribution in [0.25, 0.3) is 0 Å². The Morgan fingerprint density at radius 1 is 1.31 bits per heavy atom. The highest BCUT2D eigenvalue weighted by Crippen LogP contribution is 2.41. The van der Waals surface area contributed by atoms with Gasteiger partial charge >= 0.3 is 0 Å². The Labute approximate surface area is 102 Å². The Balaban J connectivity index is 2.49. The van der Waals surface area contributed by atoms with Crippen LogP contribution >= 0.6 is 0 Å². The third-order valence-corrected chi connectivity index (χ3v) is 4.36. The van der Waals surface area contributed by atoms with Crippen molar-refractivity contribution < 1.29 is 0 Å². The molecule has 0 aromatic carbocycles. The van der Waals surface area contributed by atoms with E-state index < -0.39 is 0 Å². The zero-order chi connectivity index (χ0) is 12.0. The van der Waals surface area contributed by atoms with Crippen LogP contribution in [0.2, 0.25) is 0 Å². The smallest absolute Gasteiger partial charge is 0.00152 e. The predicted molar refractivity (Wildman–Crippen MR) is 72.7 cm³/mol. The monoisotopic (exact) mass is 225 g/mol. The molecule has 16 heavy (non-hydrogen) atoms. The van der Waals surface area contributed by atoms with Crippen LogP contribution in [0, 0.1) is 17.3 Å². The van der Waals surface area contributed by atoms with Gasteiger partial charge in [-0.05, 0) is 49.6 Å². The molecule has 0 bridgehead atoms. The fourth-order valence-electron chi connectivity index (χ4n) is 3.15. The van der Waals surface area contributed by atoms with E-state index in [-0.39, 0.29) is 0 Å². The van der Waals surface area contributed by atoms with E-state index in [1.54, 1.807) is 0 Å². The highest BCUT2D eigenvalue weighted by atomic mass is 14.9.